The van der Waals surface area contributed by atoms with Gasteiger partial charge in [-0.2, -0.15) is 5.48 Å². The zero-order valence-corrected chi connectivity index (χ0v) is 13.8. The van der Waals surface area contributed by atoms with E-state index in [4.69, 9.17) is 9.47 Å². The fourth-order valence-corrected chi connectivity index (χ4v) is 2.17. The number of nitrogens with zero attached hydrogens (tertiary/aromatic N) is 2. The molecule has 1 aromatic carbocycles. The molecule has 0 aromatic heterocycles. The summed E-state index contributed by atoms with van der Waals surface area (Å²) in [5.41, 5.74) is 1.83. The monoisotopic (exact) mass is 335 g/mol. The summed E-state index contributed by atoms with van der Waals surface area (Å²) in [6.45, 7) is 0. The molecular weight excluding hydrogens is 314 g/mol. The number of hydrogen-bond acceptors (Lipinski definition) is 5. The molecule has 8 heteroatoms. The third-order valence-corrected chi connectivity index (χ3v) is 3.42. The van der Waals surface area contributed by atoms with E-state index in [1.807, 2.05) is 6.08 Å². The van der Waals surface area contributed by atoms with Crippen LogP contribution in [0.15, 0.2) is 42.2 Å². The van der Waals surface area contributed by atoms with Crippen molar-refractivity contribution >= 4 is 23.2 Å². The highest BCUT2D eigenvalue weighted by Crippen LogP contribution is 2.30. The average Bonchev–Trinajstić information content (AvgIpc) is 2.60. The number of quaternary nitrogens is 1. The maximum atomic E-state index is 11.8. The maximum absolute atomic E-state index is 11.8. The van der Waals surface area contributed by atoms with Crippen LogP contribution in [0.5, 0.6) is 5.75 Å². The molecule has 1 aromatic rings. The fourth-order valence-electron chi connectivity index (χ4n) is 2.17. The molecular formula is C16H21N3O5+2. The summed E-state index contributed by atoms with van der Waals surface area (Å²) in [6.07, 6.45) is 4.94. The largest absolute Gasteiger partial charge is 0.490 e. The van der Waals surface area contributed by atoms with Gasteiger partial charge < -0.3 is 14.4 Å². The molecule has 128 valence electrons. The van der Waals surface area contributed by atoms with Crippen LogP contribution in [-0.4, -0.2) is 53.1 Å². The van der Waals surface area contributed by atoms with Crippen LogP contribution in [0.2, 0.25) is 0 Å². The number of carbonyl (C=O) groups excluding carboxylic acids is 1. The van der Waals surface area contributed by atoms with Gasteiger partial charge in [-0.3, -0.25) is 5.21 Å². The van der Waals surface area contributed by atoms with Crippen LogP contribution in [0.4, 0.5) is 16.2 Å². The minimum absolute atomic E-state index is 0.227. The quantitative estimate of drug-likeness (QED) is 0.333. The Kier molecular flexibility index (Phi) is 5.56. The first kappa shape index (κ1) is 17.5. The molecule has 0 radical (unpaired) electrons. The first-order valence-electron chi connectivity index (χ1n) is 7.25. The highest BCUT2D eigenvalue weighted by molar-refractivity contribution is 5.99. The number of benzene rings is 1. The molecule has 2 rings (SSSR count). The number of hydrogen-bond donors (Lipinski definition) is 3. The molecule has 0 spiro atoms. The second-order valence-corrected chi connectivity index (χ2v) is 5.21. The van der Waals surface area contributed by atoms with E-state index in [0.717, 1.165) is 10.2 Å². The minimum Gasteiger partial charge on any atom is -0.490 e. The van der Waals surface area contributed by atoms with E-state index < -0.39 is 6.09 Å². The van der Waals surface area contributed by atoms with E-state index in [1.165, 1.54) is 12.0 Å². The second kappa shape index (κ2) is 7.62. The summed E-state index contributed by atoms with van der Waals surface area (Å²) in [5, 5.41) is 20.1. The van der Waals surface area contributed by atoms with Crippen molar-refractivity contribution in [2.75, 3.05) is 21.2 Å². The number of amides is 1. The molecule has 4 N–H and O–H groups in total. The Morgan fingerprint density at radius 2 is 2.12 bits per heavy atom. The van der Waals surface area contributed by atoms with Crippen LogP contribution in [0.3, 0.4) is 0 Å². The van der Waals surface area contributed by atoms with Crippen LogP contribution < -0.4 is 10.2 Å². The fraction of sp³-hybridized carbons (Fsp3) is 0.250. The summed E-state index contributed by atoms with van der Waals surface area (Å²) in [6, 6.07) is 4.95. The molecule has 0 bridgehead atoms. The third-order valence-electron chi connectivity index (χ3n) is 3.42. The first-order valence-corrected chi connectivity index (χ1v) is 7.25. The van der Waals surface area contributed by atoms with Gasteiger partial charge in [0.2, 0.25) is 5.76 Å². The van der Waals surface area contributed by atoms with Gasteiger partial charge in [-0.05, 0) is 12.1 Å². The molecule has 8 nitrogen and oxygen atoms in total. The summed E-state index contributed by atoms with van der Waals surface area (Å²) in [4.78, 5) is 13.1. The topological polar surface area (TPSA) is 98.9 Å². The number of allylic oxidation sites excluding steroid dienone is 4. The van der Waals surface area contributed by atoms with E-state index in [2.05, 4.69) is 0 Å². The van der Waals surface area contributed by atoms with Gasteiger partial charge in [0, 0.05) is 24.9 Å². The van der Waals surface area contributed by atoms with E-state index in [-0.39, 0.29) is 5.76 Å². The number of carbonyl (C=O) groups is 1. The molecule has 1 aliphatic carbocycles. The Morgan fingerprint density at radius 1 is 1.38 bits per heavy atom. The molecule has 0 fully saturated rings. The van der Waals surface area contributed by atoms with Gasteiger partial charge in [-0.25, -0.2) is 10.0 Å². The highest BCUT2D eigenvalue weighted by atomic mass is 16.6. The molecule has 0 saturated heterocycles. The van der Waals surface area contributed by atoms with Crippen LogP contribution >= 0.6 is 0 Å². The van der Waals surface area contributed by atoms with E-state index in [1.54, 1.807) is 44.4 Å². The molecule has 0 unspecified atom stereocenters. The van der Waals surface area contributed by atoms with Gasteiger partial charge in [0.15, 0.2) is 5.75 Å². The van der Waals surface area contributed by atoms with Crippen LogP contribution in [-0.2, 0) is 4.74 Å². The van der Waals surface area contributed by atoms with Crippen molar-refractivity contribution in [2.24, 2.45) is 0 Å². The molecule has 1 aliphatic rings. The predicted molar refractivity (Wildman–Crippen MR) is 85.1 cm³/mol. The van der Waals surface area contributed by atoms with Gasteiger partial charge >= 0.3 is 11.8 Å². The van der Waals surface area contributed by atoms with Crippen molar-refractivity contribution in [3.63, 3.8) is 0 Å². The molecule has 24 heavy (non-hydrogen) atoms. The number of rotatable bonds is 4. The molecule has 0 aliphatic heterocycles. The standard InChI is InChI=1S/C16H20N3O5/c1-18(2)16(20)24-13-9-5-4-7-11(13)19(22)12-8-6-10-14(23-3)15(12)17-21/h4-6,8-10,17,21-22H,7H2,1-3H3/q+1/p+1/b19-11-. The SMILES string of the molecule is COc1cccc(/[N+](O)=C2\CC=CC=C2OC(=O)N(C)C)c1[NH2+]O. The summed E-state index contributed by atoms with van der Waals surface area (Å²) in [7, 11) is 4.60. The van der Waals surface area contributed by atoms with Crippen molar-refractivity contribution in [3.8, 4) is 5.75 Å². The van der Waals surface area contributed by atoms with Gasteiger partial charge in [0.05, 0.1) is 13.5 Å². The van der Waals surface area contributed by atoms with Crippen LogP contribution in [0.1, 0.15) is 6.42 Å². The van der Waals surface area contributed by atoms with Gasteiger partial charge in [-0.15, -0.1) is 0 Å². The first-order chi connectivity index (χ1) is 11.5. The van der Waals surface area contributed by atoms with Crippen molar-refractivity contribution in [1.29, 1.82) is 0 Å². The Balaban J connectivity index is 2.48. The van der Waals surface area contributed by atoms with Crippen molar-refractivity contribution in [3.05, 3.63) is 42.2 Å². The maximum Gasteiger partial charge on any atom is 0.414 e. The lowest BCUT2D eigenvalue weighted by Crippen LogP contribution is -2.74. The average molecular weight is 335 g/mol. The molecule has 1 amide bonds. The lowest BCUT2D eigenvalue weighted by atomic mass is 10.1. The number of ether oxygens (including phenoxy) is 2. The van der Waals surface area contributed by atoms with Crippen molar-refractivity contribution < 1.29 is 34.9 Å². The second-order valence-electron chi connectivity index (χ2n) is 5.21. The smallest absolute Gasteiger partial charge is 0.414 e. The van der Waals surface area contributed by atoms with Gasteiger partial charge in [-0.1, -0.05) is 18.2 Å². The van der Waals surface area contributed by atoms with E-state index in [9.17, 15) is 15.2 Å². The molecule has 0 saturated carbocycles. The number of nitrogens with two attached hydrogens (primary N) is 1. The lowest BCUT2D eigenvalue weighted by Gasteiger charge is -2.14. The number of methoxy groups -OCH3 is 1. The van der Waals surface area contributed by atoms with Gasteiger partial charge in [0.1, 0.15) is 0 Å². The summed E-state index contributed by atoms with van der Waals surface area (Å²) in [5.74, 6) is 0.627. The lowest BCUT2D eigenvalue weighted by molar-refractivity contribution is -0.830. The van der Waals surface area contributed by atoms with E-state index >= 15 is 0 Å². The zero-order chi connectivity index (χ0) is 17.7. The van der Waals surface area contributed by atoms with Crippen LogP contribution in [0, 0.1) is 0 Å². The third kappa shape index (κ3) is 3.55. The Bertz CT molecular complexity index is 722. The number of para-hydroxylation sites is 1. The molecule has 0 heterocycles. The van der Waals surface area contributed by atoms with Crippen molar-refractivity contribution in [1.82, 2.24) is 4.90 Å². The van der Waals surface area contributed by atoms with Gasteiger partial charge in [0.25, 0.3) is 11.4 Å². The summed E-state index contributed by atoms with van der Waals surface area (Å²) < 4.78 is 11.3. The Labute approximate surface area is 139 Å². The Hall–Kier alpha value is -2.84. The normalized spacial score (nSPS) is 15.6. The van der Waals surface area contributed by atoms with Crippen molar-refractivity contribution in [2.45, 2.75) is 6.42 Å². The molecule has 0 atom stereocenters. The Morgan fingerprint density at radius 3 is 2.75 bits per heavy atom. The van der Waals surface area contributed by atoms with Crippen LogP contribution in [0.25, 0.3) is 0 Å². The highest BCUT2D eigenvalue weighted by Gasteiger charge is 2.31. The summed E-state index contributed by atoms with van der Waals surface area (Å²) >= 11 is 0. The van der Waals surface area contributed by atoms with E-state index in [0.29, 0.717) is 29.3 Å². The minimum atomic E-state index is -0.554. The zero-order valence-electron chi connectivity index (χ0n) is 13.8. The predicted octanol–water partition coefficient (Wildman–Crippen LogP) is 1.30.